The second kappa shape index (κ2) is 14.2. The van der Waals surface area contributed by atoms with Gasteiger partial charge in [-0.15, -0.1) is 0 Å². The maximum atomic E-state index is 6.96. The first kappa shape index (κ1) is 37.8. The van der Waals surface area contributed by atoms with Gasteiger partial charge in [-0.05, 0) is 95.5 Å². The Labute approximate surface area is 380 Å². The van der Waals surface area contributed by atoms with Gasteiger partial charge in [-0.3, -0.25) is 4.99 Å². The highest BCUT2D eigenvalue weighted by Crippen LogP contribution is 2.63. The van der Waals surface area contributed by atoms with Crippen molar-refractivity contribution in [2.24, 2.45) is 4.99 Å². The van der Waals surface area contributed by atoms with E-state index in [0.29, 0.717) is 0 Å². The number of amidine groups is 1. The number of rotatable bonds is 5. The Morgan fingerprint density at radius 3 is 2.20 bits per heavy atom. The van der Waals surface area contributed by atoms with Crippen molar-refractivity contribution < 1.29 is 9.47 Å². The lowest BCUT2D eigenvalue weighted by atomic mass is 9.64. The summed E-state index contributed by atoms with van der Waals surface area (Å²) >= 11 is 0. The molecular formula is C61H46N2O2. The first-order valence-corrected chi connectivity index (χ1v) is 22.9. The molecule has 4 unspecified atom stereocenters. The number of fused-ring (bicyclic) bond motifs is 11. The molecule has 0 radical (unpaired) electrons. The minimum absolute atomic E-state index is 0.194. The molecule has 0 aromatic heterocycles. The fourth-order valence-electron chi connectivity index (χ4n) is 11.6. The van der Waals surface area contributed by atoms with Gasteiger partial charge in [-0.1, -0.05) is 182 Å². The van der Waals surface area contributed by atoms with E-state index in [4.69, 9.17) is 14.5 Å². The predicted molar refractivity (Wildman–Crippen MR) is 263 cm³/mol. The Morgan fingerprint density at radius 1 is 0.615 bits per heavy atom. The minimum atomic E-state index is -0.686. The molecule has 7 aromatic carbocycles. The van der Waals surface area contributed by atoms with Gasteiger partial charge in [0.2, 0.25) is 0 Å². The van der Waals surface area contributed by atoms with Gasteiger partial charge in [0, 0.05) is 45.0 Å². The Bertz CT molecular complexity index is 3330. The predicted octanol–water partition coefficient (Wildman–Crippen LogP) is 14.2. The van der Waals surface area contributed by atoms with Gasteiger partial charge in [-0.2, -0.15) is 0 Å². The van der Waals surface area contributed by atoms with Crippen LogP contribution in [-0.4, -0.2) is 11.4 Å². The van der Waals surface area contributed by atoms with Crippen molar-refractivity contribution in [1.82, 2.24) is 5.32 Å². The third-order valence-corrected chi connectivity index (χ3v) is 14.7. The lowest BCUT2D eigenvalue weighted by Crippen LogP contribution is -2.34. The molecule has 0 amide bonds. The van der Waals surface area contributed by atoms with Gasteiger partial charge in [0.15, 0.2) is 0 Å². The number of aliphatic imine (C=N–C) groups is 1. The molecule has 3 heterocycles. The van der Waals surface area contributed by atoms with Gasteiger partial charge in [0.1, 0.15) is 34.2 Å². The van der Waals surface area contributed by atoms with Crippen LogP contribution in [0.2, 0.25) is 0 Å². The average molecular weight is 839 g/mol. The first-order valence-electron chi connectivity index (χ1n) is 22.9. The first-order chi connectivity index (χ1) is 31.9. The molecule has 0 saturated heterocycles. The van der Waals surface area contributed by atoms with E-state index in [2.05, 4.69) is 225 Å². The third kappa shape index (κ3) is 5.59. The molecular weight excluding hydrogens is 793 g/mol. The Kier molecular flexibility index (Phi) is 8.24. The van der Waals surface area contributed by atoms with E-state index in [1.807, 2.05) is 0 Å². The van der Waals surface area contributed by atoms with E-state index in [1.54, 1.807) is 0 Å². The molecule has 65 heavy (non-hydrogen) atoms. The highest BCUT2D eigenvalue weighted by molar-refractivity contribution is 6.06. The van der Waals surface area contributed by atoms with Crippen LogP contribution >= 0.6 is 0 Å². The van der Waals surface area contributed by atoms with Gasteiger partial charge in [-0.25, -0.2) is 0 Å². The van der Waals surface area contributed by atoms with E-state index in [9.17, 15) is 0 Å². The Hall–Kier alpha value is -7.69. The molecule has 0 saturated carbocycles. The van der Waals surface area contributed by atoms with Crippen molar-refractivity contribution >= 4 is 17.1 Å². The molecule has 3 aliphatic carbocycles. The lowest BCUT2D eigenvalue weighted by molar-refractivity contribution is 0.156. The molecule has 6 aliphatic rings. The van der Waals surface area contributed by atoms with Gasteiger partial charge >= 0.3 is 0 Å². The Morgan fingerprint density at radius 2 is 1.34 bits per heavy atom. The van der Waals surface area contributed by atoms with Crippen molar-refractivity contribution in [1.29, 1.82) is 0 Å². The molecule has 1 spiro atoms. The summed E-state index contributed by atoms with van der Waals surface area (Å²) in [5, 5.41) is 3.81. The molecule has 13 rings (SSSR count). The zero-order valence-corrected chi connectivity index (χ0v) is 36.4. The van der Waals surface area contributed by atoms with E-state index < -0.39 is 11.0 Å². The third-order valence-electron chi connectivity index (χ3n) is 14.7. The van der Waals surface area contributed by atoms with E-state index in [-0.39, 0.29) is 11.5 Å². The second-order valence-electron chi connectivity index (χ2n) is 18.4. The van der Waals surface area contributed by atoms with Gasteiger partial charge in [0.05, 0.1) is 5.41 Å². The van der Waals surface area contributed by atoms with Crippen LogP contribution in [0.1, 0.15) is 77.1 Å². The summed E-state index contributed by atoms with van der Waals surface area (Å²) in [6.07, 6.45) is 17.8. The smallest absolute Gasteiger partial charge is 0.135 e. The lowest BCUT2D eigenvalue weighted by Gasteiger charge is -2.40. The molecule has 7 aromatic rings. The van der Waals surface area contributed by atoms with Crippen LogP contribution < -0.4 is 14.8 Å². The summed E-state index contributed by atoms with van der Waals surface area (Å²) in [6.45, 7) is 4.39. The molecule has 4 heteroatoms. The van der Waals surface area contributed by atoms with E-state index in [0.717, 1.165) is 80.6 Å². The van der Waals surface area contributed by atoms with Crippen molar-refractivity contribution in [3.8, 4) is 39.5 Å². The second-order valence-corrected chi connectivity index (χ2v) is 18.4. The zero-order valence-electron chi connectivity index (χ0n) is 36.4. The number of hydrogen-bond donors (Lipinski definition) is 1. The number of para-hydroxylation sites is 2. The number of nitrogens with one attached hydrogen (secondary N) is 1. The van der Waals surface area contributed by atoms with Gasteiger partial charge < -0.3 is 14.8 Å². The monoisotopic (exact) mass is 838 g/mol. The molecule has 4 nitrogen and oxygen atoms in total. The molecule has 3 aliphatic heterocycles. The Balaban J connectivity index is 0.916. The zero-order chi connectivity index (χ0) is 43.3. The molecule has 0 bridgehead atoms. The van der Waals surface area contributed by atoms with Crippen molar-refractivity contribution in [2.45, 2.75) is 49.2 Å². The number of hydrogen-bond acceptors (Lipinski definition) is 4. The van der Waals surface area contributed by atoms with E-state index in [1.165, 1.54) is 39.0 Å². The summed E-state index contributed by atoms with van der Waals surface area (Å²) in [7, 11) is 0. The molecule has 4 atom stereocenters. The number of ether oxygens (including phenoxy) is 2. The van der Waals surface area contributed by atoms with Crippen LogP contribution in [0.5, 0.6) is 17.2 Å². The molecule has 312 valence electrons. The normalized spacial score (nSPS) is 23.8. The van der Waals surface area contributed by atoms with Crippen molar-refractivity contribution in [3.05, 3.63) is 256 Å². The van der Waals surface area contributed by atoms with Crippen molar-refractivity contribution in [3.63, 3.8) is 0 Å². The fourth-order valence-corrected chi connectivity index (χ4v) is 11.6. The van der Waals surface area contributed by atoms with Crippen molar-refractivity contribution in [2.75, 3.05) is 0 Å². The van der Waals surface area contributed by atoms with Crippen LogP contribution in [0.15, 0.2) is 217 Å². The minimum Gasteiger partial charge on any atom is -0.482 e. The van der Waals surface area contributed by atoms with Crippen LogP contribution in [0.4, 0.5) is 0 Å². The fraction of sp³-hybridized carbons (Fsp3) is 0.131. The maximum absolute atomic E-state index is 6.96. The summed E-state index contributed by atoms with van der Waals surface area (Å²) in [5.74, 6) is 3.77. The number of allylic oxidation sites excluding steroid dienone is 6. The van der Waals surface area contributed by atoms with E-state index >= 15 is 0 Å². The SMILES string of the molecule is CC1(c2ccc(-c3cccc4c3OC3(C)C=CC=CC43)cc2)C=C(c2ccccc2-c2ccc3c(c2)Oc2ccccc2C32C3=C(CCC=C3)c3ccccc32)NC(c2ccccc2)=N1. The summed E-state index contributed by atoms with van der Waals surface area (Å²) in [4.78, 5) is 5.48. The summed E-state index contributed by atoms with van der Waals surface area (Å²) in [5.41, 5.74) is 16.2. The molecule has 0 fully saturated rings. The quantitative estimate of drug-likeness (QED) is 0.188. The summed E-state index contributed by atoms with van der Waals surface area (Å²) < 4.78 is 13.7. The molecule has 1 N–H and O–H groups in total. The number of nitrogens with zero attached hydrogens (tertiary/aromatic N) is 1. The van der Waals surface area contributed by atoms with Crippen LogP contribution in [0.25, 0.3) is 33.5 Å². The van der Waals surface area contributed by atoms with Crippen LogP contribution in [0.3, 0.4) is 0 Å². The highest BCUT2D eigenvalue weighted by Gasteiger charge is 2.52. The highest BCUT2D eigenvalue weighted by atomic mass is 16.5. The largest absolute Gasteiger partial charge is 0.482 e. The summed E-state index contributed by atoms with van der Waals surface area (Å²) in [6, 6.07) is 59.1. The van der Waals surface area contributed by atoms with Crippen LogP contribution in [-0.2, 0) is 11.0 Å². The average Bonchev–Trinajstić information content (AvgIpc) is 3.83. The number of benzene rings is 7. The maximum Gasteiger partial charge on any atom is 0.135 e. The topological polar surface area (TPSA) is 42.9 Å². The standard InChI is InChI=1S/C61H46N2O2/c1-59(42-33-30-39(31-34-42)44-23-16-24-48-49-25-14-15-36-60(49,2)65-57(44)48)38-54(62-58(63-59)40-17-4-3-5-18-40)47-22-7-6-19-43(47)41-32-35-53-56(37-41)64-55-29-13-12-28-52(55)61(53)50-26-10-8-20-45(50)46-21-9-11-27-51(46)61/h3-8,10-20,22-38,49H,9,21H2,1-2H3,(H,62,63). The van der Waals surface area contributed by atoms with Gasteiger partial charge in [0.25, 0.3) is 0 Å². The van der Waals surface area contributed by atoms with Crippen LogP contribution in [0, 0.1) is 0 Å².